The molecule has 0 spiro atoms. The number of benzene rings is 1. The van der Waals surface area contributed by atoms with E-state index < -0.39 is 0 Å². The minimum Gasteiger partial charge on any atom is -0.467 e. The van der Waals surface area contributed by atoms with Gasteiger partial charge in [-0.05, 0) is 42.2 Å². The van der Waals surface area contributed by atoms with Crippen LogP contribution in [0.5, 0.6) is 5.75 Å². The highest BCUT2D eigenvalue weighted by Crippen LogP contribution is 2.35. The fourth-order valence-electron chi connectivity index (χ4n) is 4.16. The first-order valence-corrected chi connectivity index (χ1v) is 9.94. The second-order valence-corrected chi connectivity index (χ2v) is 8.22. The van der Waals surface area contributed by atoms with Crippen molar-refractivity contribution >= 4 is 11.6 Å². The number of rotatable bonds is 6. The largest absolute Gasteiger partial charge is 0.467 e. The van der Waals surface area contributed by atoms with Crippen LogP contribution in [0.25, 0.3) is 0 Å². The molecule has 150 valence electrons. The third-order valence-electron chi connectivity index (χ3n) is 5.73. The summed E-state index contributed by atoms with van der Waals surface area (Å²) in [7, 11) is 0. The first kappa shape index (κ1) is 20.0. The zero-order valence-corrected chi connectivity index (χ0v) is 16.6. The maximum atomic E-state index is 12.3. The van der Waals surface area contributed by atoms with Gasteiger partial charge >= 0.3 is 0 Å². The number of amides is 1. The van der Waals surface area contributed by atoms with Gasteiger partial charge in [0.1, 0.15) is 12.4 Å². The van der Waals surface area contributed by atoms with Crippen molar-refractivity contribution in [1.29, 1.82) is 0 Å². The topological polar surface area (TPSA) is 82.8 Å². The molecule has 0 saturated heterocycles. The maximum Gasteiger partial charge on any atom is 0.246 e. The summed E-state index contributed by atoms with van der Waals surface area (Å²) in [4.78, 5) is 12.3. The molecule has 3 atom stereocenters. The number of nitrogen functional groups attached to an aromatic ring is 1. The van der Waals surface area contributed by atoms with Gasteiger partial charge in [-0.1, -0.05) is 27.2 Å². The van der Waals surface area contributed by atoms with Crippen LogP contribution in [-0.2, 0) is 27.4 Å². The normalized spacial score (nSPS) is 25.0. The average molecular weight is 376 g/mol. The quantitative estimate of drug-likeness (QED) is 0.745. The summed E-state index contributed by atoms with van der Waals surface area (Å²) in [5.74, 6) is 2.39. The van der Waals surface area contributed by atoms with Crippen LogP contribution < -0.4 is 15.8 Å². The van der Waals surface area contributed by atoms with Crippen LogP contribution >= 0.6 is 0 Å². The first-order valence-electron chi connectivity index (χ1n) is 9.94. The summed E-state index contributed by atoms with van der Waals surface area (Å²) < 4.78 is 16.9. The minimum atomic E-state index is -0.107. The Morgan fingerprint density at radius 3 is 2.96 bits per heavy atom. The monoisotopic (exact) mass is 376 g/mol. The lowest BCUT2D eigenvalue weighted by molar-refractivity contribution is -0.131. The van der Waals surface area contributed by atoms with Gasteiger partial charge in [0.15, 0.2) is 6.79 Å². The number of anilines is 1. The SMILES string of the molecule is CC1CCC(C(C)C)C(OCC(=O)NCc2cc(N)cc3c2COCO3)C1. The zero-order chi connectivity index (χ0) is 19.4. The van der Waals surface area contributed by atoms with Crippen LogP contribution in [0.15, 0.2) is 12.1 Å². The molecule has 3 N–H and O–H groups in total. The molecule has 0 bridgehead atoms. The number of hydrogen-bond acceptors (Lipinski definition) is 5. The highest BCUT2D eigenvalue weighted by molar-refractivity contribution is 5.77. The smallest absolute Gasteiger partial charge is 0.246 e. The van der Waals surface area contributed by atoms with E-state index in [-0.39, 0.29) is 25.4 Å². The van der Waals surface area contributed by atoms with Crippen molar-refractivity contribution in [2.24, 2.45) is 17.8 Å². The molecule has 0 radical (unpaired) electrons. The second kappa shape index (κ2) is 8.93. The summed E-state index contributed by atoms with van der Waals surface area (Å²) in [6.45, 7) is 7.92. The van der Waals surface area contributed by atoms with E-state index in [2.05, 4.69) is 26.1 Å². The number of nitrogens with one attached hydrogen (secondary N) is 1. The molecule has 2 aliphatic rings. The second-order valence-electron chi connectivity index (χ2n) is 8.22. The molecule has 3 rings (SSSR count). The molecule has 3 unspecified atom stereocenters. The van der Waals surface area contributed by atoms with Gasteiger partial charge in [0, 0.05) is 23.9 Å². The predicted molar refractivity (Wildman–Crippen MR) is 104 cm³/mol. The van der Waals surface area contributed by atoms with Crippen LogP contribution in [-0.4, -0.2) is 25.4 Å². The molecule has 1 aromatic rings. The molecule has 1 aliphatic carbocycles. The highest BCUT2D eigenvalue weighted by atomic mass is 16.7. The number of ether oxygens (including phenoxy) is 3. The molecule has 1 aromatic carbocycles. The van der Waals surface area contributed by atoms with Crippen molar-refractivity contribution in [2.45, 2.75) is 59.3 Å². The fraction of sp³-hybridized carbons (Fsp3) is 0.667. The molecule has 6 heteroatoms. The lowest BCUT2D eigenvalue weighted by atomic mass is 9.75. The van der Waals surface area contributed by atoms with E-state index in [4.69, 9.17) is 19.9 Å². The Labute approximate surface area is 161 Å². The van der Waals surface area contributed by atoms with Crippen LogP contribution in [0, 0.1) is 17.8 Å². The Hall–Kier alpha value is -1.79. The van der Waals surface area contributed by atoms with Crippen LogP contribution in [0.3, 0.4) is 0 Å². The third kappa shape index (κ3) is 5.14. The average Bonchev–Trinajstić information content (AvgIpc) is 2.64. The molecule has 1 fully saturated rings. The van der Waals surface area contributed by atoms with Crippen molar-refractivity contribution in [2.75, 3.05) is 19.1 Å². The van der Waals surface area contributed by atoms with E-state index in [0.29, 0.717) is 36.6 Å². The van der Waals surface area contributed by atoms with Crippen molar-refractivity contribution < 1.29 is 19.0 Å². The summed E-state index contributed by atoms with van der Waals surface area (Å²) in [6, 6.07) is 3.65. The van der Waals surface area contributed by atoms with Crippen LogP contribution in [0.1, 0.15) is 51.2 Å². The van der Waals surface area contributed by atoms with Gasteiger partial charge < -0.3 is 25.3 Å². The Balaban J connectivity index is 1.53. The zero-order valence-electron chi connectivity index (χ0n) is 16.6. The number of carbonyl (C=O) groups excluding carboxylic acids is 1. The van der Waals surface area contributed by atoms with E-state index in [1.165, 1.54) is 12.8 Å². The van der Waals surface area contributed by atoms with Gasteiger partial charge in [-0.2, -0.15) is 0 Å². The van der Waals surface area contributed by atoms with Crippen molar-refractivity contribution in [3.8, 4) is 5.75 Å². The van der Waals surface area contributed by atoms with Gasteiger partial charge in [-0.15, -0.1) is 0 Å². The standard InChI is InChI=1S/C21H32N2O4/c1-13(2)17-5-4-14(3)6-19(17)26-11-21(24)23-9-15-7-16(22)8-20-18(15)10-25-12-27-20/h7-8,13-14,17,19H,4-6,9-12,22H2,1-3H3,(H,23,24). The fourth-order valence-corrected chi connectivity index (χ4v) is 4.16. The number of hydrogen-bond donors (Lipinski definition) is 2. The summed E-state index contributed by atoms with van der Waals surface area (Å²) in [5.41, 5.74) is 8.42. The van der Waals surface area contributed by atoms with E-state index in [0.717, 1.165) is 23.3 Å². The molecule has 1 aliphatic heterocycles. The number of carbonyl (C=O) groups is 1. The van der Waals surface area contributed by atoms with Gasteiger partial charge in [0.2, 0.25) is 5.91 Å². The number of fused-ring (bicyclic) bond motifs is 1. The lowest BCUT2D eigenvalue weighted by Gasteiger charge is -2.37. The summed E-state index contributed by atoms with van der Waals surface area (Å²) in [5, 5.41) is 2.94. The molecule has 0 aromatic heterocycles. The highest BCUT2D eigenvalue weighted by Gasteiger charge is 2.31. The van der Waals surface area contributed by atoms with Crippen molar-refractivity contribution in [1.82, 2.24) is 5.32 Å². The van der Waals surface area contributed by atoms with Crippen LogP contribution in [0.4, 0.5) is 5.69 Å². The van der Waals surface area contributed by atoms with E-state index >= 15 is 0 Å². The van der Waals surface area contributed by atoms with Gasteiger partial charge in [-0.3, -0.25) is 4.79 Å². The molecular weight excluding hydrogens is 344 g/mol. The molecule has 1 amide bonds. The summed E-state index contributed by atoms with van der Waals surface area (Å²) in [6.07, 6.45) is 3.63. The molecular formula is C21H32N2O4. The van der Waals surface area contributed by atoms with Crippen LogP contribution in [0.2, 0.25) is 0 Å². The first-order chi connectivity index (χ1) is 12.9. The predicted octanol–water partition coefficient (Wildman–Crippen LogP) is 3.23. The Bertz CT molecular complexity index is 662. The van der Waals surface area contributed by atoms with E-state index in [9.17, 15) is 4.79 Å². The minimum absolute atomic E-state index is 0.0954. The Morgan fingerprint density at radius 2 is 2.19 bits per heavy atom. The van der Waals surface area contributed by atoms with Gasteiger partial charge in [-0.25, -0.2) is 0 Å². The molecule has 27 heavy (non-hydrogen) atoms. The summed E-state index contributed by atoms with van der Waals surface area (Å²) >= 11 is 0. The molecule has 1 heterocycles. The Morgan fingerprint density at radius 1 is 1.37 bits per heavy atom. The van der Waals surface area contributed by atoms with E-state index in [1.807, 2.05) is 6.07 Å². The third-order valence-corrected chi connectivity index (χ3v) is 5.73. The van der Waals surface area contributed by atoms with Crippen molar-refractivity contribution in [3.63, 3.8) is 0 Å². The maximum absolute atomic E-state index is 12.3. The van der Waals surface area contributed by atoms with Gasteiger partial charge in [0.05, 0.1) is 12.7 Å². The molecule has 1 saturated carbocycles. The van der Waals surface area contributed by atoms with Gasteiger partial charge in [0.25, 0.3) is 0 Å². The Kier molecular flexibility index (Phi) is 6.60. The van der Waals surface area contributed by atoms with E-state index in [1.54, 1.807) is 6.07 Å². The van der Waals surface area contributed by atoms with Crippen molar-refractivity contribution in [3.05, 3.63) is 23.3 Å². The number of nitrogens with two attached hydrogens (primary N) is 1. The molecule has 6 nitrogen and oxygen atoms in total. The lowest BCUT2D eigenvalue weighted by Crippen LogP contribution is -2.37.